The lowest BCUT2D eigenvalue weighted by Gasteiger charge is -2.23. The van der Waals surface area contributed by atoms with Crippen LogP contribution in [0, 0.1) is 0 Å². The Morgan fingerprint density at radius 1 is 0.396 bits per heavy atom. The summed E-state index contributed by atoms with van der Waals surface area (Å²) in [5.41, 5.74) is 3.56. The predicted molar refractivity (Wildman–Crippen MR) is 197 cm³/mol. The molecule has 0 atom stereocenters. The Labute approximate surface area is 277 Å². The monoisotopic (exact) mass is 614 g/mol. The van der Waals surface area contributed by atoms with Crippen molar-refractivity contribution < 1.29 is 24.8 Å². The third-order valence-corrected chi connectivity index (χ3v) is 9.57. The van der Waals surface area contributed by atoms with Crippen molar-refractivity contribution in [2.75, 3.05) is 0 Å². The van der Waals surface area contributed by atoms with Gasteiger partial charge in [-0.2, -0.15) is 0 Å². The molecule has 8 aromatic carbocycles. The van der Waals surface area contributed by atoms with Gasteiger partial charge in [0.2, 0.25) is 0 Å². The van der Waals surface area contributed by atoms with E-state index < -0.39 is 28.5 Å². The maximum absolute atomic E-state index is 11.8. The van der Waals surface area contributed by atoms with Crippen LogP contribution in [-0.2, 0) is 0 Å². The number of fused-ring (bicyclic) bond motifs is 7. The summed E-state index contributed by atoms with van der Waals surface area (Å²) in [7, 11) is 19.0. The Bertz CT molecular complexity index is 2820. The largest absolute Gasteiger partial charge is 0.508 e. The van der Waals surface area contributed by atoms with Crippen molar-refractivity contribution in [1.82, 2.24) is 0 Å². The summed E-state index contributed by atoms with van der Waals surface area (Å²) in [5.74, 6) is -2.50. The van der Waals surface area contributed by atoms with E-state index in [1.807, 2.05) is 60.7 Å². The van der Waals surface area contributed by atoms with E-state index >= 15 is 0 Å². The van der Waals surface area contributed by atoms with E-state index in [9.17, 15) is 20.4 Å². The van der Waals surface area contributed by atoms with Crippen LogP contribution in [0.3, 0.4) is 0 Å². The lowest BCUT2D eigenvalue weighted by Crippen LogP contribution is -2.29. The molecule has 4 N–H and O–H groups in total. The van der Waals surface area contributed by atoms with Crippen LogP contribution in [-0.4, -0.2) is 44.0 Å². The molecule has 1 aromatic heterocycles. The van der Waals surface area contributed by atoms with E-state index in [-0.39, 0.29) is 27.3 Å². The number of furan rings is 1. The van der Waals surface area contributed by atoms with Crippen molar-refractivity contribution >= 4 is 105 Å². The second kappa shape index (κ2) is 10.00. The van der Waals surface area contributed by atoms with Gasteiger partial charge in [0.15, 0.2) is 11.5 Å². The van der Waals surface area contributed by atoms with E-state index in [1.54, 1.807) is 0 Å². The number of hydrogen-bond acceptors (Lipinski definition) is 5. The molecule has 0 bridgehead atoms. The highest BCUT2D eigenvalue weighted by Crippen LogP contribution is 2.49. The first kappa shape index (κ1) is 28.2. The van der Waals surface area contributed by atoms with Crippen molar-refractivity contribution in [3.63, 3.8) is 0 Å². The molecule has 0 aliphatic rings. The Balaban J connectivity index is 1.38. The average Bonchev–Trinajstić information content (AvgIpc) is 3.46. The molecule has 220 valence electrons. The molecule has 6 radical (unpaired) electrons. The van der Waals surface area contributed by atoms with Crippen LogP contribution < -0.4 is 16.4 Å². The molecule has 8 heteroatoms. The second-order valence-electron chi connectivity index (χ2n) is 12.1. The zero-order valence-corrected chi connectivity index (χ0v) is 25.2. The van der Waals surface area contributed by atoms with Crippen molar-refractivity contribution in [2.45, 2.75) is 0 Å². The second-order valence-corrected chi connectivity index (χ2v) is 12.1. The smallest absolute Gasteiger partial charge is 0.164 e. The van der Waals surface area contributed by atoms with Gasteiger partial charge in [-0.25, -0.2) is 0 Å². The van der Waals surface area contributed by atoms with Crippen molar-refractivity contribution in [3.8, 4) is 45.3 Å². The topological polar surface area (TPSA) is 94.1 Å². The van der Waals surface area contributed by atoms with Crippen molar-refractivity contribution in [3.05, 3.63) is 103 Å². The molecule has 0 aliphatic heterocycles. The fourth-order valence-corrected chi connectivity index (χ4v) is 7.32. The first-order valence-electron chi connectivity index (χ1n) is 15.3. The van der Waals surface area contributed by atoms with Crippen molar-refractivity contribution in [1.29, 1.82) is 0 Å². The Hall–Kier alpha value is -6.01. The third kappa shape index (κ3) is 3.71. The Morgan fingerprint density at radius 3 is 1.60 bits per heavy atom. The van der Waals surface area contributed by atoms with E-state index in [0.29, 0.717) is 5.56 Å². The third-order valence-electron chi connectivity index (χ3n) is 9.57. The van der Waals surface area contributed by atoms with Crippen LogP contribution in [0.5, 0.6) is 23.0 Å². The molecule has 9 rings (SSSR count). The lowest BCUT2D eigenvalue weighted by molar-refractivity contribution is 0.406. The zero-order chi connectivity index (χ0) is 33.0. The highest BCUT2D eigenvalue weighted by Gasteiger charge is 2.27. The van der Waals surface area contributed by atoms with E-state index in [1.165, 1.54) is 0 Å². The maximum Gasteiger partial charge on any atom is 0.164 e. The van der Waals surface area contributed by atoms with Crippen LogP contribution >= 0.6 is 0 Å². The van der Waals surface area contributed by atoms with Gasteiger partial charge < -0.3 is 24.8 Å². The molecule has 0 amide bonds. The average molecular weight is 614 g/mol. The summed E-state index contributed by atoms with van der Waals surface area (Å²) in [6.07, 6.45) is 0. The minimum absolute atomic E-state index is 0.0296. The minimum atomic E-state index is -0.756. The lowest BCUT2D eigenvalue weighted by atomic mass is 9.70. The van der Waals surface area contributed by atoms with E-state index in [2.05, 4.69) is 42.5 Å². The molecule has 5 nitrogen and oxygen atoms in total. The molecule has 0 saturated heterocycles. The summed E-state index contributed by atoms with van der Waals surface area (Å²) >= 11 is 0. The number of rotatable bonds is 2. The summed E-state index contributed by atoms with van der Waals surface area (Å²) in [5, 5.41) is 51.1. The van der Waals surface area contributed by atoms with Gasteiger partial charge in [0.1, 0.15) is 46.2 Å². The number of aromatic hydroxyl groups is 4. The first-order valence-corrected chi connectivity index (χ1v) is 15.3. The molecule has 48 heavy (non-hydrogen) atoms. The summed E-state index contributed by atoms with van der Waals surface area (Å²) in [6, 6.07) is 34.3. The van der Waals surface area contributed by atoms with Crippen LogP contribution in [0.2, 0.25) is 0 Å². The summed E-state index contributed by atoms with van der Waals surface area (Å²) < 4.78 is 6.43. The van der Waals surface area contributed by atoms with E-state index in [4.69, 9.17) is 28.0 Å². The van der Waals surface area contributed by atoms with Crippen LogP contribution in [0.15, 0.2) is 108 Å². The first-order chi connectivity index (χ1) is 23.2. The summed E-state index contributed by atoms with van der Waals surface area (Å²) in [4.78, 5) is 0. The van der Waals surface area contributed by atoms with E-state index in [0.717, 1.165) is 65.4 Å². The molecule has 1 heterocycles. The van der Waals surface area contributed by atoms with Gasteiger partial charge in [-0.05, 0) is 73.2 Å². The maximum atomic E-state index is 11.8. The molecular weight excluding hydrogens is 593 g/mol. The quantitative estimate of drug-likeness (QED) is 0.0750. The SMILES string of the molecule is [B]c1c(-c2c3ccccc3c(-c3ccc4c(c3)oc3cc5ccccc5cc34)c3ccccc23)c(O)c2c(O)c([B])c(O)c(O)c2c1[B]. The number of benzene rings is 8. The van der Waals surface area contributed by atoms with Gasteiger partial charge >= 0.3 is 0 Å². The number of hydrogen-bond donors (Lipinski definition) is 4. The highest BCUT2D eigenvalue weighted by molar-refractivity contribution is 6.57. The predicted octanol–water partition coefficient (Wildman–Crippen LogP) is 6.74. The number of phenols is 4. The van der Waals surface area contributed by atoms with Gasteiger partial charge in [0, 0.05) is 27.3 Å². The van der Waals surface area contributed by atoms with Crippen LogP contribution in [0.4, 0.5) is 0 Å². The minimum Gasteiger partial charge on any atom is -0.508 e. The van der Waals surface area contributed by atoms with Crippen LogP contribution in [0.25, 0.3) is 87.3 Å². The molecule has 0 aliphatic carbocycles. The van der Waals surface area contributed by atoms with Gasteiger partial charge in [-0.1, -0.05) is 89.8 Å². The molecule has 0 fully saturated rings. The zero-order valence-electron chi connectivity index (χ0n) is 25.2. The van der Waals surface area contributed by atoms with Crippen LogP contribution in [0.1, 0.15) is 0 Å². The highest BCUT2D eigenvalue weighted by atomic mass is 16.3. The summed E-state index contributed by atoms with van der Waals surface area (Å²) in [6.45, 7) is 0. The standard InChI is InChI=1S/C40H21B3O5/c41-34-31(37(44)33-32(35(34)42)39(46)40(47)36(43)38(33)45)30-24-11-5-3-9-22(24)29(23-10-4-6-12-25(23)30)20-13-14-21-26-15-18-7-1-2-8-19(18)16-28(26)48-27(21)17-20/h1-17,44-47H. The molecular formula is C40H21B3O5. The molecule has 9 aromatic rings. The number of phenolic OH excluding ortho intramolecular Hbond substituents is 4. The van der Waals surface area contributed by atoms with Crippen molar-refractivity contribution in [2.24, 2.45) is 0 Å². The fraction of sp³-hybridized carbons (Fsp3) is 0. The fourth-order valence-electron chi connectivity index (χ4n) is 7.32. The van der Waals surface area contributed by atoms with Gasteiger partial charge in [-0.3, -0.25) is 0 Å². The molecule has 0 unspecified atom stereocenters. The van der Waals surface area contributed by atoms with Gasteiger partial charge in [0.05, 0.1) is 5.39 Å². The Morgan fingerprint density at radius 2 is 0.958 bits per heavy atom. The normalized spacial score (nSPS) is 11.9. The van der Waals surface area contributed by atoms with Gasteiger partial charge in [-0.15, -0.1) is 0 Å². The molecule has 0 spiro atoms. The molecule has 0 saturated carbocycles. The Kier molecular flexibility index (Phi) is 5.88. The van der Waals surface area contributed by atoms with Gasteiger partial charge in [0.25, 0.3) is 0 Å².